The van der Waals surface area contributed by atoms with E-state index >= 15 is 0 Å². The highest BCUT2D eigenvalue weighted by atomic mass is 19.1. The van der Waals surface area contributed by atoms with Crippen LogP contribution in [0.15, 0.2) is 18.2 Å². The van der Waals surface area contributed by atoms with Gasteiger partial charge in [-0.2, -0.15) is 0 Å². The van der Waals surface area contributed by atoms with Crippen LogP contribution in [0.1, 0.15) is 43.4 Å². The van der Waals surface area contributed by atoms with Crippen LogP contribution in [-0.4, -0.2) is 55.1 Å². The van der Waals surface area contributed by atoms with Crippen molar-refractivity contribution in [2.75, 3.05) is 39.3 Å². The first kappa shape index (κ1) is 16.9. The number of halogens is 1. The van der Waals surface area contributed by atoms with Crippen LogP contribution in [0.25, 0.3) is 0 Å². The number of piperazine rings is 1. The lowest BCUT2D eigenvalue weighted by Crippen LogP contribution is -2.49. The fourth-order valence-corrected chi connectivity index (χ4v) is 4.00. The lowest BCUT2D eigenvalue weighted by molar-refractivity contribution is 0.0721. The van der Waals surface area contributed by atoms with Crippen molar-refractivity contribution in [1.29, 1.82) is 0 Å². The summed E-state index contributed by atoms with van der Waals surface area (Å²) >= 11 is 0. The van der Waals surface area contributed by atoms with Gasteiger partial charge in [0, 0.05) is 44.8 Å². The van der Waals surface area contributed by atoms with E-state index < -0.39 is 0 Å². The summed E-state index contributed by atoms with van der Waals surface area (Å²) in [6, 6.07) is 6.69. The fraction of sp³-hybridized carbons (Fsp3) is 0.684. The minimum Gasteiger partial charge on any atom is -0.314 e. The highest BCUT2D eigenvalue weighted by molar-refractivity contribution is 5.27. The van der Waals surface area contributed by atoms with Crippen molar-refractivity contribution in [1.82, 2.24) is 15.1 Å². The Bertz CT molecular complexity index is 513. The minimum atomic E-state index is -0.0960. The molecule has 3 rings (SSSR count). The molecule has 128 valence electrons. The maximum absolute atomic E-state index is 13.7. The molecule has 1 N–H and O–H groups in total. The number of benzene rings is 1. The molecule has 2 saturated heterocycles. The molecule has 2 heterocycles. The Balaban J connectivity index is 1.83. The Labute approximate surface area is 139 Å². The molecule has 2 aliphatic rings. The molecule has 2 unspecified atom stereocenters. The third kappa shape index (κ3) is 4.11. The number of aryl methyl sites for hydroxylation is 1. The Kier molecular flexibility index (Phi) is 5.67. The predicted octanol–water partition coefficient (Wildman–Crippen LogP) is 2.95. The Morgan fingerprint density at radius 2 is 2.00 bits per heavy atom. The summed E-state index contributed by atoms with van der Waals surface area (Å²) in [7, 11) is 0. The van der Waals surface area contributed by atoms with E-state index in [1.54, 1.807) is 6.07 Å². The predicted molar refractivity (Wildman–Crippen MR) is 93.2 cm³/mol. The maximum Gasteiger partial charge on any atom is 0.126 e. The van der Waals surface area contributed by atoms with E-state index in [-0.39, 0.29) is 5.82 Å². The summed E-state index contributed by atoms with van der Waals surface area (Å²) < 4.78 is 13.7. The topological polar surface area (TPSA) is 18.5 Å². The molecule has 0 saturated carbocycles. The standard InChI is InChI=1S/C19H30FN3/c1-15-13-17(6-7-18(15)20)19(14-22-11-8-21-9-12-22)23-10-4-3-5-16(23)2/h6-7,13,16,19,21H,3-5,8-12,14H2,1-2H3. The van der Waals surface area contributed by atoms with Gasteiger partial charge in [0.25, 0.3) is 0 Å². The third-order valence-electron chi connectivity index (χ3n) is 5.46. The molecule has 2 atom stereocenters. The summed E-state index contributed by atoms with van der Waals surface area (Å²) in [6.07, 6.45) is 3.89. The van der Waals surface area contributed by atoms with E-state index in [0.717, 1.165) is 44.8 Å². The van der Waals surface area contributed by atoms with Gasteiger partial charge < -0.3 is 5.32 Å². The number of hydrogen-bond donors (Lipinski definition) is 1. The van der Waals surface area contributed by atoms with Crippen LogP contribution in [0.2, 0.25) is 0 Å². The van der Waals surface area contributed by atoms with Gasteiger partial charge in [-0.25, -0.2) is 4.39 Å². The van der Waals surface area contributed by atoms with E-state index in [9.17, 15) is 4.39 Å². The third-order valence-corrected chi connectivity index (χ3v) is 5.46. The summed E-state index contributed by atoms with van der Waals surface area (Å²) in [5.74, 6) is -0.0960. The first-order chi connectivity index (χ1) is 11.1. The molecule has 0 aromatic heterocycles. The van der Waals surface area contributed by atoms with Crippen LogP contribution in [0.5, 0.6) is 0 Å². The van der Waals surface area contributed by atoms with E-state index in [0.29, 0.717) is 12.1 Å². The van der Waals surface area contributed by atoms with Gasteiger partial charge in [0.2, 0.25) is 0 Å². The highest BCUT2D eigenvalue weighted by Crippen LogP contribution is 2.30. The smallest absolute Gasteiger partial charge is 0.126 e. The Morgan fingerprint density at radius 1 is 1.22 bits per heavy atom. The van der Waals surface area contributed by atoms with Crippen LogP contribution in [0.4, 0.5) is 4.39 Å². The molecule has 2 fully saturated rings. The van der Waals surface area contributed by atoms with Crippen LogP contribution in [0, 0.1) is 12.7 Å². The number of rotatable bonds is 4. The van der Waals surface area contributed by atoms with Gasteiger partial charge in [0.1, 0.15) is 5.82 Å². The SMILES string of the molecule is Cc1cc(C(CN2CCNCC2)N2CCCCC2C)ccc1F. The number of likely N-dealkylation sites (tertiary alicyclic amines) is 1. The summed E-state index contributed by atoms with van der Waals surface area (Å²) in [5, 5.41) is 3.43. The molecule has 2 aliphatic heterocycles. The molecule has 4 heteroatoms. The quantitative estimate of drug-likeness (QED) is 0.920. The molecule has 1 aromatic carbocycles. The van der Waals surface area contributed by atoms with Gasteiger partial charge in [0.15, 0.2) is 0 Å². The molecule has 0 bridgehead atoms. The van der Waals surface area contributed by atoms with Crippen LogP contribution < -0.4 is 5.32 Å². The molecule has 3 nitrogen and oxygen atoms in total. The molecular weight excluding hydrogens is 289 g/mol. The summed E-state index contributed by atoms with van der Waals surface area (Å²) in [4.78, 5) is 5.21. The Hall–Kier alpha value is -0.970. The minimum absolute atomic E-state index is 0.0960. The second kappa shape index (κ2) is 7.73. The zero-order valence-electron chi connectivity index (χ0n) is 14.5. The van der Waals surface area contributed by atoms with Crippen molar-refractivity contribution in [3.8, 4) is 0 Å². The lowest BCUT2D eigenvalue weighted by atomic mass is 9.95. The fourth-order valence-electron chi connectivity index (χ4n) is 4.00. The first-order valence-electron chi connectivity index (χ1n) is 9.10. The van der Waals surface area contributed by atoms with Crippen LogP contribution in [-0.2, 0) is 0 Å². The zero-order valence-corrected chi connectivity index (χ0v) is 14.5. The second-order valence-corrected chi connectivity index (χ2v) is 7.16. The average Bonchev–Trinajstić information content (AvgIpc) is 2.57. The maximum atomic E-state index is 13.7. The number of piperidine rings is 1. The Morgan fingerprint density at radius 3 is 2.70 bits per heavy atom. The van der Waals surface area contributed by atoms with Crippen LogP contribution >= 0.6 is 0 Å². The van der Waals surface area contributed by atoms with Crippen molar-refractivity contribution >= 4 is 0 Å². The van der Waals surface area contributed by atoms with E-state index in [2.05, 4.69) is 28.1 Å². The largest absolute Gasteiger partial charge is 0.314 e. The van der Waals surface area contributed by atoms with Crippen LogP contribution in [0.3, 0.4) is 0 Å². The van der Waals surface area contributed by atoms with Gasteiger partial charge in [-0.3, -0.25) is 9.80 Å². The van der Waals surface area contributed by atoms with Gasteiger partial charge in [-0.1, -0.05) is 18.6 Å². The average molecular weight is 319 g/mol. The van der Waals surface area contributed by atoms with E-state index in [4.69, 9.17) is 0 Å². The summed E-state index contributed by atoms with van der Waals surface area (Å²) in [6.45, 7) is 10.8. The van der Waals surface area contributed by atoms with Gasteiger partial charge >= 0.3 is 0 Å². The zero-order chi connectivity index (χ0) is 16.2. The number of nitrogens with zero attached hydrogens (tertiary/aromatic N) is 2. The normalized spacial score (nSPS) is 25.4. The number of nitrogens with one attached hydrogen (secondary N) is 1. The van der Waals surface area contributed by atoms with E-state index in [1.807, 2.05) is 13.0 Å². The van der Waals surface area contributed by atoms with Crippen molar-refractivity contribution in [2.24, 2.45) is 0 Å². The molecule has 0 spiro atoms. The van der Waals surface area contributed by atoms with Crippen molar-refractivity contribution in [3.63, 3.8) is 0 Å². The first-order valence-corrected chi connectivity index (χ1v) is 9.10. The van der Waals surface area contributed by atoms with E-state index in [1.165, 1.54) is 24.8 Å². The molecule has 1 aromatic rings. The van der Waals surface area contributed by atoms with Crippen molar-refractivity contribution < 1.29 is 4.39 Å². The van der Waals surface area contributed by atoms with Crippen molar-refractivity contribution in [2.45, 2.75) is 45.2 Å². The molecule has 0 aliphatic carbocycles. The second-order valence-electron chi connectivity index (χ2n) is 7.16. The molecule has 0 amide bonds. The van der Waals surface area contributed by atoms with Crippen molar-refractivity contribution in [3.05, 3.63) is 35.1 Å². The molecular formula is C19H30FN3. The highest BCUT2D eigenvalue weighted by Gasteiger charge is 2.29. The summed E-state index contributed by atoms with van der Waals surface area (Å²) in [5.41, 5.74) is 2.04. The van der Waals surface area contributed by atoms with Gasteiger partial charge in [-0.15, -0.1) is 0 Å². The van der Waals surface area contributed by atoms with Gasteiger partial charge in [0.05, 0.1) is 0 Å². The lowest BCUT2D eigenvalue weighted by Gasteiger charge is -2.42. The molecule has 23 heavy (non-hydrogen) atoms. The number of hydrogen-bond acceptors (Lipinski definition) is 3. The monoisotopic (exact) mass is 319 g/mol. The molecule has 0 radical (unpaired) electrons. The van der Waals surface area contributed by atoms with Gasteiger partial charge in [-0.05, 0) is 50.4 Å².